The Morgan fingerprint density at radius 1 is 1.10 bits per heavy atom. The number of nitrogens with one attached hydrogen (secondary N) is 1. The second kappa shape index (κ2) is 8.43. The fraction of sp³-hybridized carbons (Fsp3) is 0.667. The van der Waals surface area contributed by atoms with Gasteiger partial charge in [0.05, 0.1) is 0 Å². The Morgan fingerprint density at radius 2 is 1.80 bits per heavy atom. The van der Waals surface area contributed by atoms with Crippen molar-refractivity contribution in [2.24, 2.45) is 0 Å². The van der Waals surface area contributed by atoms with Gasteiger partial charge in [-0.15, -0.1) is 0 Å². The molecule has 1 fully saturated rings. The van der Waals surface area contributed by atoms with E-state index in [-0.39, 0.29) is 0 Å². The SMILES string of the molecule is CCCC(NC1CCN(CCC)CC1)c1ccccc1. The Kier molecular flexibility index (Phi) is 6.55. The minimum absolute atomic E-state index is 0.531. The van der Waals surface area contributed by atoms with E-state index in [0.29, 0.717) is 12.1 Å². The molecule has 0 saturated carbocycles. The number of benzene rings is 1. The molecule has 1 N–H and O–H groups in total. The number of hydrogen-bond donors (Lipinski definition) is 1. The summed E-state index contributed by atoms with van der Waals surface area (Å²) in [6.07, 6.45) is 6.35. The highest BCUT2D eigenvalue weighted by atomic mass is 15.1. The molecular weight excluding hydrogens is 244 g/mol. The highest BCUT2D eigenvalue weighted by molar-refractivity contribution is 5.19. The van der Waals surface area contributed by atoms with E-state index in [4.69, 9.17) is 0 Å². The molecule has 1 aliphatic rings. The first-order valence-corrected chi connectivity index (χ1v) is 8.36. The minimum atomic E-state index is 0.531. The third-order valence-electron chi connectivity index (χ3n) is 4.34. The van der Waals surface area contributed by atoms with Crippen molar-refractivity contribution in [1.82, 2.24) is 10.2 Å². The van der Waals surface area contributed by atoms with E-state index in [1.807, 2.05) is 0 Å². The summed E-state index contributed by atoms with van der Waals surface area (Å²) in [5.74, 6) is 0. The molecule has 0 aromatic heterocycles. The first kappa shape index (κ1) is 15.5. The maximum absolute atomic E-state index is 3.91. The standard InChI is InChI=1S/C18H30N2/c1-3-8-18(16-9-6-5-7-10-16)19-17-11-14-20(13-4-2)15-12-17/h5-7,9-10,17-19H,3-4,8,11-15H2,1-2H3. The normalized spacial score (nSPS) is 19.1. The van der Waals surface area contributed by atoms with E-state index in [1.165, 1.54) is 57.3 Å². The van der Waals surface area contributed by atoms with Gasteiger partial charge < -0.3 is 10.2 Å². The average Bonchev–Trinajstić information content (AvgIpc) is 2.50. The summed E-state index contributed by atoms with van der Waals surface area (Å²) in [6, 6.07) is 12.2. The van der Waals surface area contributed by atoms with Crippen molar-refractivity contribution in [1.29, 1.82) is 0 Å². The lowest BCUT2D eigenvalue weighted by Crippen LogP contribution is -2.43. The van der Waals surface area contributed by atoms with Crippen LogP contribution < -0.4 is 5.32 Å². The number of nitrogens with zero attached hydrogens (tertiary/aromatic N) is 1. The van der Waals surface area contributed by atoms with Crippen molar-refractivity contribution < 1.29 is 0 Å². The van der Waals surface area contributed by atoms with Crippen LogP contribution in [0.25, 0.3) is 0 Å². The highest BCUT2D eigenvalue weighted by Crippen LogP contribution is 2.21. The van der Waals surface area contributed by atoms with Crippen molar-refractivity contribution in [3.05, 3.63) is 35.9 Å². The first-order valence-electron chi connectivity index (χ1n) is 8.36. The molecule has 0 amide bonds. The third kappa shape index (κ3) is 4.60. The molecule has 1 saturated heterocycles. The third-order valence-corrected chi connectivity index (χ3v) is 4.34. The van der Waals surface area contributed by atoms with Crippen LogP contribution in [0.3, 0.4) is 0 Å². The van der Waals surface area contributed by atoms with Gasteiger partial charge in [0, 0.05) is 12.1 Å². The molecule has 0 radical (unpaired) electrons. The molecule has 2 heteroatoms. The van der Waals surface area contributed by atoms with E-state index in [0.717, 1.165) is 0 Å². The van der Waals surface area contributed by atoms with Gasteiger partial charge in [0.25, 0.3) is 0 Å². The maximum Gasteiger partial charge on any atom is 0.0322 e. The number of piperidine rings is 1. The summed E-state index contributed by atoms with van der Waals surface area (Å²) >= 11 is 0. The fourth-order valence-corrected chi connectivity index (χ4v) is 3.24. The predicted molar refractivity (Wildman–Crippen MR) is 87.0 cm³/mol. The van der Waals surface area contributed by atoms with E-state index < -0.39 is 0 Å². The van der Waals surface area contributed by atoms with E-state index in [2.05, 4.69) is 54.4 Å². The Morgan fingerprint density at radius 3 is 2.40 bits per heavy atom. The molecule has 2 nitrogen and oxygen atoms in total. The van der Waals surface area contributed by atoms with E-state index in [9.17, 15) is 0 Å². The Labute approximate surface area is 124 Å². The Balaban J connectivity index is 1.87. The molecule has 20 heavy (non-hydrogen) atoms. The summed E-state index contributed by atoms with van der Waals surface area (Å²) in [6.45, 7) is 8.35. The zero-order valence-corrected chi connectivity index (χ0v) is 13.1. The van der Waals surface area contributed by atoms with Crippen LogP contribution in [0.1, 0.15) is 57.6 Å². The molecule has 1 aliphatic heterocycles. The van der Waals surface area contributed by atoms with Crippen LogP contribution in [-0.2, 0) is 0 Å². The van der Waals surface area contributed by atoms with E-state index in [1.54, 1.807) is 0 Å². The van der Waals surface area contributed by atoms with Gasteiger partial charge in [0.1, 0.15) is 0 Å². The summed E-state index contributed by atoms with van der Waals surface area (Å²) in [4.78, 5) is 2.61. The van der Waals surface area contributed by atoms with Crippen molar-refractivity contribution in [3.63, 3.8) is 0 Å². The van der Waals surface area contributed by atoms with Crippen LogP contribution in [0.5, 0.6) is 0 Å². The monoisotopic (exact) mass is 274 g/mol. The average molecular weight is 274 g/mol. The first-order chi connectivity index (χ1) is 9.83. The number of rotatable bonds is 7. The zero-order chi connectivity index (χ0) is 14.2. The number of hydrogen-bond acceptors (Lipinski definition) is 2. The van der Waals surface area contributed by atoms with Crippen molar-refractivity contribution in [2.45, 2.75) is 58.0 Å². The molecule has 0 aliphatic carbocycles. The Bertz CT molecular complexity index is 355. The molecular formula is C18H30N2. The van der Waals surface area contributed by atoms with Crippen LogP contribution in [-0.4, -0.2) is 30.6 Å². The molecule has 2 rings (SSSR count). The maximum atomic E-state index is 3.91. The quantitative estimate of drug-likeness (QED) is 0.808. The summed E-state index contributed by atoms with van der Waals surface area (Å²) in [5.41, 5.74) is 1.45. The van der Waals surface area contributed by atoms with Crippen LogP contribution in [0.4, 0.5) is 0 Å². The molecule has 112 valence electrons. The molecule has 1 aromatic rings. The van der Waals surface area contributed by atoms with E-state index >= 15 is 0 Å². The highest BCUT2D eigenvalue weighted by Gasteiger charge is 2.21. The van der Waals surface area contributed by atoms with Crippen molar-refractivity contribution in [2.75, 3.05) is 19.6 Å². The van der Waals surface area contributed by atoms with Gasteiger partial charge in [-0.1, -0.05) is 50.6 Å². The number of likely N-dealkylation sites (tertiary alicyclic amines) is 1. The summed E-state index contributed by atoms with van der Waals surface area (Å²) < 4.78 is 0. The molecule has 0 bridgehead atoms. The lowest BCUT2D eigenvalue weighted by Gasteiger charge is -2.34. The van der Waals surface area contributed by atoms with Crippen molar-refractivity contribution >= 4 is 0 Å². The minimum Gasteiger partial charge on any atom is -0.307 e. The van der Waals surface area contributed by atoms with Gasteiger partial charge in [-0.3, -0.25) is 0 Å². The van der Waals surface area contributed by atoms with Gasteiger partial charge in [0.2, 0.25) is 0 Å². The van der Waals surface area contributed by atoms with Crippen LogP contribution in [0.2, 0.25) is 0 Å². The van der Waals surface area contributed by atoms with Gasteiger partial charge in [0.15, 0.2) is 0 Å². The molecule has 1 atom stereocenters. The van der Waals surface area contributed by atoms with Crippen LogP contribution in [0, 0.1) is 0 Å². The predicted octanol–water partition coefficient (Wildman–Crippen LogP) is 3.99. The van der Waals surface area contributed by atoms with Crippen molar-refractivity contribution in [3.8, 4) is 0 Å². The molecule has 1 aromatic carbocycles. The molecule has 1 unspecified atom stereocenters. The zero-order valence-electron chi connectivity index (χ0n) is 13.1. The lowest BCUT2D eigenvalue weighted by atomic mass is 9.98. The van der Waals surface area contributed by atoms with Gasteiger partial charge in [-0.05, 0) is 50.9 Å². The summed E-state index contributed by atoms with van der Waals surface area (Å²) in [5, 5.41) is 3.91. The van der Waals surface area contributed by atoms with Gasteiger partial charge in [-0.25, -0.2) is 0 Å². The smallest absolute Gasteiger partial charge is 0.0322 e. The van der Waals surface area contributed by atoms with Crippen LogP contribution in [0.15, 0.2) is 30.3 Å². The fourth-order valence-electron chi connectivity index (χ4n) is 3.24. The summed E-state index contributed by atoms with van der Waals surface area (Å²) in [7, 11) is 0. The lowest BCUT2D eigenvalue weighted by molar-refractivity contribution is 0.189. The topological polar surface area (TPSA) is 15.3 Å². The molecule has 0 spiro atoms. The molecule has 1 heterocycles. The van der Waals surface area contributed by atoms with Gasteiger partial charge in [-0.2, -0.15) is 0 Å². The van der Waals surface area contributed by atoms with Gasteiger partial charge >= 0.3 is 0 Å². The second-order valence-electron chi connectivity index (χ2n) is 6.03. The largest absolute Gasteiger partial charge is 0.307 e. The second-order valence-corrected chi connectivity index (χ2v) is 6.03. The van der Waals surface area contributed by atoms with Crippen LogP contribution >= 0.6 is 0 Å². The Hall–Kier alpha value is -0.860.